The quantitative estimate of drug-likeness (QED) is 0.175. The Bertz CT molecular complexity index is 1220. The fraction of sp³-hybridized carbons (Fsp3) is 0.579. The van der Waals surface area contributed by atoms with Gasteiger partial charge in [0.2, 0.25) is 21.1 Å². The Balaban J connectivity index is 1.91. The highest BCUT2D eigenvalue weighted by molar-refractivity contribution is 8.06. The van der Waals surface area contributed by atoms with Gasteiger partial charge in [-0.1, -0.05) is 86.8 Å². The van der Waals surface area contributed by atoms with Gasteiger partial charge in [-0.25, -0.2) is 0 Å². The maximum Gasteiger partial charge on any atom is 0.218 e. The van der Waals surface area contributed by atoms with Crippen LogP contribution >= 0.6 is 23.1 Å². The summed E-state index contributed by atoms with van der Waals surface area (Å²) < 4.78 is 0. The number of thioether (sulfide) groups is 1. The monoisotopic (exact) mass is 606 g/mol. The van der Waals surface area contributed by atoms with E-state index in [0.717, 1.165) is 62.5 Å². The second-order valence-corrected chi connectivity index (χ2v) is 17.9. The zero-order valence-electron chi connectivity index (χ0n) is 27.9. The standard InChI is InChI=1S/C38H54O2S2/c1-25(2)11-13-29-19-27(20-30(41-29)14-12-26(3)4)23-33-35(39)34(36(33)40)24-28-21-31(15-17-37(5,6)7)42-32(22-28)16-18-38(8,9)10/h19-26H,11-18H2,1-10H3. The summed E-state index contributed by atoms with van der Waals surface area (Å²) in [4.78, 5) is 18.6. The van der Waals surface area contributed by atoms with E-state index in [4.69, 9.17) is 0 Å². The molecule has 2 heterocycles. The molecule has 42 heavy (non-hydrogen) atoms. The minimum atomic E-state index is -0.125. The second-order valence-electron chi connectivity index (χ2n) is 15.4. The molecule has 0 saturated heterocycles. The molecule has 0 spiro atoms. The van der Waals surface area contributed by atoms with E-state index < -0.39 is 0 Å². The summed E-state index contributed by atoms with van der Waals surface area (Å²) >= 11 is 3.76. The largest absolute Gasteiger partial charge is 0.871 e. The molecule has 0 radical (unpaired) electrons. The highest BCUT2D eigenvalue weighted by Gasteiger charge is 2.27. The van der Waals surface area contributed by atoms with Crippen LogP contribution in [-0.2, 0) is 17.6 Å². The van der Waals surface area contributed by atoms with Crippen molar-refractivity contribution in [2.75, 3.05) is 0 Å². The molecule has 4 heteroatoms. The molecular weight excluding hydrogens is 553 g/mol. The Morgan fingerprint density at radius 2 is 1.26 bits per heavy atom. The first-order chi connectivity index (χ1) is 19.5. The molecule has 1 aromatic rings. The third-order valence-electron chi connectivity index (χ3n) is 7.61. The van der Waals surface area contributed by atoms with Crippen LogP contribution in [0.3, 0.4) is 0 Å². The number of carbonyl (C=O) groups is 1. The second kappa shape index (κ2) is 14.7. The Morgan fingerprint density at radius 1 is 0.786 bits per heavy atom. The highest BCUT2D eigenvalue weighted by Crippen LogP contribution is 2.40. The van der Waals surface area contributed by atoms with Gasteiger partial charge in [-0.05, 0) is 106 Å². The lowest BCUT2D eigenvalue weighted by Gasteiger charge is -2.29. The van der Waals surface area contributed by atoms with Gasteiger partial charge in [0.05, 0.1) is 0 Å². The topological polar surface area (TPSA) is 40.1 Å². The summed E-state index contributed by atoms with van der Waals surface area (Å²) in [6, 6.07) is 4.37. The number of Topliss-reactive ketones (excluding diaryl/α,β-unsaturated/α-hetero) is 1. The van der Waals surface area contributed by atoms with Gasteiger partial charge in [0, 0.05) is 36.1 Å². The van der Waals surface area contributed by atoms with Crippen LogP contribution in [0.2, 0.25) is 0 Å². The Hall–Kier alpha value is -1.91. The first-order valence-electron chi connectivity index (χ1n) is 15.9. The van der Waals surface area contributed by atoms with E-state index in [1.165, 1.54) is 19.6 Å². The summed E-state index contributed by atoms with van der Waals surface area (Å²) in [5.74, 6) is 1.03. The zero-order valence-corrected chi connectivity index (χ0v) is 29.5. The molecule has 2 nitrogen and oxygen atoms in total. The minimum absolute atomic E-state index is 0.125. The number of carbonyl (C=O) groups excluding carboxylic acids is 1. The van der Waals surface area contributed by atoms with Crippen molar-refractivity contribution >= 4 is 35.0 Å². The predicted octanol–water partition coefficient (Wildman–Crippen LogP) is 10.9. The lowest BCUT2D eigenvalue weighted by atomic mass is 9.85. The fourth-order valence-electron chi connectivity index (χ4n) is 4.83. The van der Waals surface area contributed by atoms with Crippen molar-refractivity contribution in [2.24, 2.45) is 22.7 Å². The van der Waals surface area contributed by atoms with E-state index in [0.29, 0.717) is 23.0 Å². The average molecular weight is 607 g/mol. The molecule has 0 saturated carbocycles. The summed E-state index contributed by atoms with van der Waals surface area (Å²) in [6.45, 7) is 22.7. The van der Waals surface area contributed by atoms with Crippen molar-refractivity contribution in [3.63, 3.8) is 0 Å². The highest BCUT2D eigenvalue weighted by atomic mass is 32.2. The van der Waals surface area contributed by atoms with Gasteiger partial charge in [-0.3, -0.25) is 4.79 Å². The van der Waals surface area contributed by atoms with Crippen molar-refractivity contribution < 1.29 is 9.90 Å². The Kier molecular flexibility index (Phi) is 12.1. The number of aryl methyl sites for hydroxylation is 2. The van der Waals surface area contributed by atoms with Crippen LogP contribution in [0.4, 0.5) is 0 Å². The van der Waals surface area contributed by atoms with Gasteiger partial charge in [0.15, 0.2) is 5.78 Å². The average Bonchev–Trinajstić information content (AvgIpc) is 2.89. The lowest BCUT2D eigenvalue weighted by molar-refractivity contribution is -0.300. The minimum Gasteiger partial charge on any atom is -0.871 e. The molecule has 0 bridgehead atoms. The van der Waals surface area contributed by atoms with Crippen LogP contribution < -0.4 is 5.11 Å². The number of hydrogen-bond donors (Lipinski definition) is 0. The molecule has 1 aliphatic heterocycles. The van der Waals surface area contributed by atoms with Crippen molar-refractivity contribution in [1.29, 1.82) is 0 Å². The van der Waals surface area contributed by atoms with Gasteiger partial charge in [-0.15, -0.1) is 0 Å². The number of rotatable bonds is 12. The number of hydrogen-bond acceptors (Lipinski definition) is 3. The molecule has 3 rings (SSSR count). The molecular formula is C38H54O2S2. The van der Waals surface area contributed by atoms with Crippen LogP contribution in [0.1, 0.15) is 123 Å². The SMILES string of the molecule is CC(C)CCC1=CC(=CC2=C([O-])C(=Cc3cc(CCC(C)(C)C)[s+]c(CCC(C)(C)C)c3)C2=O)C=C(CCC(C)C)S1. The molecule has 0 atom stereocenters. The smallest absolute Gasteiger partial charge is 0.218 e. The van der Waals surface area contributed by atoms with Gasteiger partial charge < -0.3 is 5.11 Å². The van der Waals surface area contributed by atoms with E-state index >= 15 is 0 Å². The third-order valence-corrected chi connectivity index (χ3v) is 9.95. The molecule has 230 valence electrons. The molecule has 2 aliphatic rings. The normalized spacial score (nSPS) is 17.3. The van der Waals surface area contributed by atoms with Crippen LogP contribution in [0, 0.1) is 22.7 Å². The molecule has 1 aromatic heterocycles. The van der Waals surface area contributed by atoms with E-state index in [1.54, 1.807) is 0 Å². The number of allylic oxidation sites excluding steroid dienone is 8. The van der Waals surface area contributed by atoms with Gasteiger partial charge >= 0.3 is 0 Å². The molecule has 0 N–H and O–H groups in total. The predicted molar refractivity (Wildman–Crippen MR) is 184 cm³/mol. The fourth-order valence-corrected chi connectivity index (χ4v) is 7.13. The number of ketones is 1. The first-order valence-corrected chi connectivity index (χ1v) is 17.6. The summed E-state index contributed by atoms with van der Waals surface area (Å²) in [5.41, 5.74) is 3.12. The van der Waals surface area contributed by atoms with Crippen LogP contribution in [-0.4, -0.2) is 5.78 Å². The van der Waals surface area contributed by atoms with Crippen molar-refractivity contribution in [2.45, 2.75) is 121 Å². The van der Waals surface area contributed by atoms with Crippen molar-refractivity contribution in [3.8, 4) is 0 Å². The van der Waals surface area contributed by atoms with Crippen LogP contribution in [0.15, 0.2) is 62.6 Å². The van der Waals surface area contributed by atoms with E-state index in [2.05, 4.69) is 93.5 Å². The summed E-state index contributed by atoms with van der Waals surface area (Å²) in [6.07, 6.45) is 16.6. The van der Waals surface area contributed by atoms with E-state index in [9.17, 15) is 9.90 Å². The molecule has 0 fully saturated rings. The lowest BCUT2D eigenvalue weighted by Crippen LogP contribution is -2.29. The molecule has 0 aromatic carbocycles. The van der Waals surface area contributed by atoms with Gasteiger partial charge in [0.1, 0.15) is 0 Å². The van der Waals surface area contributed by atoms with Crippen molar-refractivity contribution in [3.05, 3.63) is 78.0 Å². The van der Waals surface area contributed by atoms with E-state index in [1.807, 2.05) is 35.3 Å². The molecule has 0 amide bonds. The van der Waals surface area contributed by atoms with Crippen molar-refractivity contribution in [1.82, 2.24) is 0 Å². The van der Waals surface area contributed by atoms with Crippen LogP contribution in [0.25, 0.3) is 6.08 Å². The maximum absolute atomic E-state index is 13.3. The first kappa shape index (κ1) is 34.6. The summed E-state index contributed by atoms with van der Waals surface area (Å²) in [7, 11) is 0. The van der Waals surface area contributed by atoms with E-state index in [-0.39, 0.29) is 22.4 Å². The molecule has 0 unspecified atom stereocenters. The van der Waals surface area contributed by atoms with Crippen LogP contribution in [0.5, 0.6) is 0 Å². The Labute approximate surface area is 265 Å². The summed E-state index contributed by atoms with van der Waals surface area (Å²) in [5, 5.41) is 13.3. The zero-order chi connectivity index (χ0) is 31.2. The molecule has 1 aliphatic carbocycles. The Morgan fingerprint density at radius 3 is 1.67 bits per heavy atom. The van der Waals surface area contributed by atoms with Gasteiger partial charge in [0.25, 0.3) is 0 Å². The van der Waals surface area contributed by atoms with Gasteiger partial charge in [-0.2, -0.15) is 0 Å². The maximum atomic E-state index is 13.3. The third kappa shape index (κ3) is 11.3.